The zero-order valence-electron chi connectivity index (χ0n) is 8.05. The Morgan fingerprint density at radius 1 is 1.38 bits per heavy atom. The van der Waals surface area contributed by atoms with Gasteiger partial charge in [0.15, 0.2) is 11.7 Å². The summed E-state index contributed by atoms with van der Waals surface area (Å²) in [5.74, 6) is -0.111. The van der Waals surface area contributed by atoms with Gasteiger partial charge in [-0.25, -0.2) is 0 Å². The molecule has 0 aromatic carbocycles. The van der Waals surface area contributed by atoms with Gasteiger partial charge in [-0.1, -0.05) is 19.3 Å². The summed E-state index contributed by atoms with van der Waals surface area (Å²) in [7, 11) is 0. The van der Waals surface area contributed by atoms with Gasteiger partial charge in [-0.05, 0) is 19.8 Å². The highest BCUT2D eigenvalue weighted by Crippen LogP contribution is 2.17. The second-order valence-corrected chi connectivity index (χ2v) is 3.62. The molecule has 74 valence electrons. The lowest BCUT2D eigenvalue weighted by Gasteiger charge is -2.22. The number of aliphatic hydroxyl groups is 1. The lowest BCUT2D eigenvalue weighted by atomic mass is 9.96. The maximum atomic E-state index is 10.6. The zero-order chi connectivity index (χ0) is 9.68. The van der Waals surface area contributed by atoms with E-state index in [1.807, 2.05) is 0 Å². The number of nitrogens with one attached hydrogen (secondary N) is 1. The molecule has 13 heavy (non-hydrogen) atoms. The Labute approximate surface area is 78.8 Å². The normalized spacial score (nSPS) is 19.9. The number of hydrogen-bond donors (Lipinski definition) is 2. The Bertz CT molecular complexity index is 205. The van der Waals surface area contributed by atoms with Gasteiger partial charge in [0, 0.05) is 12.1 Å². The van der Waals surface area contributed by atoms with Crippen LogP contribution in [0.25, 0.3) is 0 Å². The monoisotopic (exact) mass is 183 g/mol. The molecule has 1 fully saturated rings. The highest BCUT2D eigenvalue weighted by Gasteiger charge is 2.13. The second kappa shape index (κ2) is 4.90. The van der Waals surface area contributed by atoms with Gasteiger partial charge < -0.3 is 10.4 Å². The average Bonchev–Trinajstić information content (AvgIpc) is 2.04. The summed E-state index contributed by atoms with van der Waals surface area (Å²) >= 11 is 0. The lowest BCUT2D eigenvalue weighted by molar-refractivity contribution is -0.112. The van der Waals surface area contributed by atoms with E-state index in [9.17, 15) is 9.90 Å². The molecule has 0 bridgehead atoms. The maximum absolute atomic E-state index is 10.6. The minimum absolute atomic E-state index is 0.0133. The van der Waals surface area contributed by atoms with Gasteiger partial charge in [-0.2, -0.15) is 0 Å². The van der Waals surface area contributed by atoms with Gasteiger partial charge in [0.25, 0.3) is 0 Å². The smallest absolute Gasteiger partial charge is 0.187 e. The molecule has 3 heteroatoms. The molecule has 0 aromatic rings. The summed E-state index contributed by atoms with van der Waals surface area (Å²) in [6.07, 6.45) is 7.13. The van der Waals surface area contributed by atoms with Crippen LogP contribution in [0.2, 0.25) is 0 Å². The molecule has 1 rings (SSSR count). The summed E-state index contributed by atoms with van der Waals surface area (Å²) in [6, 6.07) is 0.351. The van der Waals surface area contributed by atoms with E-state index in [2.05, 4.69) is 5.32 Å². The summed E-state index contributed by atoms with van der Waals surface area (Å²) in [4.78, 5) is 10.6. The van der Waals surface area contributed by atoms with Gasteiger partial charge in [0.2, 0.25) is 0 Å². The Hall–Kier alpha value is -0.990. The van der Waals surface area contributed by atoms with E-state index in [0.717, 1.165) is 12.8 Å². The molecule has 0 heterocycles. The molecule has 1 saturated carbocycles. The summed E-state index contributed by atoms with van der Waals surface area (Å²) in [5, 5.41) is 12.2. The molecule has 0 atom stereocenters. The molecular weight excluding hydrogens is 166 g/mol. The summed E-state index contributed by atoms with van der Waals surface area (Å²) in [5.41, 5.74) is 0. The van der Waals surface area contributed by atoms with Crippen molar-refractivity contribution in [2.75, 3.05) is 0 Å². The van der Waals surface area contributed by atoms with Crippen molar-refractivity contribution in [3.05, 3.63) is 12.0 Å². The van der Waals surface area contributed by atoms with Crippen LogP contribution < -0.4 is 5.32 Å². The molecule has 1 aliphatic rings. The number of allylic oxidation sites excluding steroid dienone is 1. The van der Waals surface area contributed by atoms with E-state index >= 15 is 0 Å². The average molecular weight is 183 g/mol. The quantitative estimate of drug-likeness (QED) is 0.519. The summed E-state index contributed by atoms with van der Waals surface area (Å²) < 4.78 is 0. The van der Waals surface area contributed by atoms with E-state index in [0.29, 0.717) is 6.04 Å². The highest BCUT2D eigenvalue weighted by molar-refractivity contribution is 5.87. The first-order chi connectivity index (χ1) is 6.18. The van der Waals surface area contributed by atoms with E-state index in [1.165, 1.54) is 32.3 Å². The van der Waals surface area contributed by atoms with Crippen LogP contribution in [-0.2, 0) is 4.79 Å². The number of aliphatic hydroxyl groups excluding tert-OH is 1. The first-order valence-corrected chi connectivity index (χ1v) is 4.86. The van der Waals surface area contributed by atoms with E-state index in [-0.39, 0.29) is 11.7 Å². The number of carbonyl (C=O) groups is 1. The first-order valence-electron chi connectivity index (χ1n) is 4.86. The Morgan fingerprint density at radius 2 is 2.00 bits per heavy atom. The van der Waals surface area contributed by atoms with Crippen molar-refractivity contribution in [1.82, 2.24) is 5.32 Å². The third-order valence-corrected chi connectivity index (χ3v) is 2.30. The van der Waals surface area contributed by atoms with Crippen LogP contribution >= 0.6 is 0 Å². The van der Waals surface area contributed by atoms with Crippen molar-refractivity contribution in [2.45, 2.75) is 45.1 Å². The number of rotatable bonds is 3. The molecule has 0 unspecified atom stereocenters. The van der Waals surface area contributed by atoms with Crippen LogP contribution in [0, 0.1) is 0 Å². The molecule has 0 radical (unpaired) electrons. The topological polar surface area (TPSA) is 49.3 Å². The van der Waals surface area contributed by atoms with Crippen molar-refractivity contribution in [3.8, 4) is 0 Å². The Kier molecular flexibility index (Phi) is 3.80. The molecule has 1 aliphatic carbocycles. The minimum Gasteiger partial charge on any atom is -0.495 e. The van der Waals surface area contributed by atoms with Gasteiger partial charge in [-0.15, -0.1) is 0 Å². The van der Waals surface area contributed by atoms with Crippen LogP contribution in [0.15, 0.2) is 12.0 Å². The minimum atomic E-state index is -0.124. The van der Waals surface area contributed by atoms with Gasteiger partial charge >= 0.3 is 0 Å². The predicted octanol–water partition coefficient (Wildman–Crippen LogP) is 1.90. The number of hydrogen-bond acceptors (Lipinski definition) is 3. The highest BCUT2D eigenvalue weighted by atomic mass is 16.3. The molecule has 0 aromatic heterocycles. The SMILES string of the molecule is CC(=O)/C=C(\O)NC1CCCCC1. The van der Waals surface area contributed by atoms with Crippen LogP contribution in [0.1, 0.15) is 39.0 Å². The number of carbonyl (C=O) groups excluding carboxylic acids is 1. The van der Waals surface area contributed by atoms with Crippen LogP contribution in [0.5, 0.6) is 0 Å². The molecule has 0 amide bonds. The van der Waals surface area contributed by atoms with Gasteiger partial charge in [0.05, 0.1) is 0 Å². The van der Waals surface area contributed by atoms with Crippen molar-refractivity contribution >= 4 is 5.78 Å². The van der Waals surface area contributed by atoms with E-state index in [1.54, 1.807) is 0 Å². The largest absolute Gasteiger partial charge is 0.495 e. The molecule has 3 nitrogen and oxygen atoms in total. The third-order valence-electron chi connectivity index (χ3n) is 2.30. The van der Waals surface area contributed by atoms with E-state index < -0.39 is 0 Å². The molecule has 2 N–H and O–H groups in total. The molecule has 0 saturated heterocycles. The fourth-order valence-electron chi connectivity index (χ4n) is 1.69. The number of ketones is 1. The first kappa shape index (κ1) is 10.1. The fourth-order valence-corrected chi connectivity index (χ4v) is 1.69. The van der Waals surface area contributed by atoms with Crippen LogP contribution in [0.3, 0.4) is 0 Å². The van der Waals surface area contributed by atoms with Crippen LogP contribution in [-0.4, -0.2) is 16.9 Å². The summed E-state index contributed by atoms with van der Waals surface area (Å²) in [6.45, 7) is 1.43. The Morgan fingerprint density at radius 3 is 2.54 bits per heavy atom. The van der Waals surface area contributed by atoms with Crippen molar-refractivity contribution in [3.63, 3.8) is 0 Å². The predicted molar refractivity (Wildman–Crippen MR) is 51.4 cm³/mol. The molecular formula is C10H17NO2. The van der Waals surface area contributed by atoms with Crippen molar-refractivity contribution in [1.29, 1.82) is 0 Å². The van der Waals surface area contributed by atoms with Gasteiger partial charge in [-0.3, -0.25) is 4.79 Å². The lowest BCUT2D eigenvalue weighted by Crippen LogP contribution is -2.30. The van der Waals surface area contributed by atoms with Gasteiger partial charge in [0.1, 0.15) is 0 Å². The molecule has 0 aliphatic heterocycles. The van der Waals surface area contributed by atoms with Crippen LogP contribution in [0.4, 0.5) is 0 Å². The van der Waals surface area contributed by atoms with E-state index in [4.69, 9.17) is 0 Å². The van der Waals surface area contributed by atoms with Crippen molar-refractivity contribution < 1.29 is 9.90 Å². The third kappa shape index (κ3) is 3.97. The zero-order valence-corrected chi connectivity index (χ0v) is 8.05. The standard InChI is InChI=1S/C10H17NO2/c1-8(12)7-10(13)11-9-5-3-2-4-6-9/h7,9,11,13H,2-6H2,1H3/b10-7-. The second-order valence-electron chi connectivity index (χ2n) is 3.62. The fraction of sp³-hybridized carbons (Fsp3) is 0.700. The molecule has 0 spiro atoms. The Balaban J connectivity index is 2.33. The maximum Gasteiger partial charge on any atom is 0.187 e. The van der Waals surface area contributed by atoms with Crippen molar-refractivity contribution in [2.24, 2.45) is 0 Å².